The number of nitrogens with zero attached hydrogens (tertiary/aromatic N) is 1. The Morgan fingerprint density at radius 1 is 1.42 bits per heavy atom. The van der Waals surface area contributed by atoms with E-state index >= 15 is 0 Å². The number of rotatable bonds is 1. The van der Waals surface area contributed by atoms with E-state index in [1.165, 1.54) is 5.69 Å². The first-order valence-corrected chi connectivity index (χ1v) is 4.82. The van der Waals surface area contributed by atoms with Gasteiger partial charge in [-0.25, -0.2) is 0 Å². The molecule has 1 aromatic rings. The highest BCUT2D eigenvalue weighted by atomic mass is 79.9. The molecule has 0 aromatic carbocycles. The van der Waals surface area contributed by atoms with E-state index in [2.05, 4.69) is 31.9 Å². The Balaban J connectivity index is 2.08. The molecule has 66 valence electrons. The van der Waals surface area contributed by atoms with Crippen LogP contribution in [-0.4, -0.2) is 31.3 Å². The van der Waals surface area contributed by atoms with Gasteiger partial charge in [0, 0.05) is 19.3 Å². The molecule has 1 aromatic heterocycles. The molecule has 2 rings (SSSR count). The summed E-state index contributed by atoms with van der Waals surface area (Å²) in [4.78, 5) is 5.41. The Hall–Kier alpha value is -0.480. The van der Waals surface area contributed by atoms with Crippen LogP contribution < -0.4 is 4.90 Å². The zero-order valence-corrected chi connectivity index (χ0v) is 8.30. The number of halogens is 1. The number of aromatic amines is 1. The third-order valence-corrected chi connectivity index (χ3v) is 2.47. The number of morpholine rings is 1. The zero-order chi connectivity index (χ0) is 8.39. The van der Waals surface area contributed by atoms with Gasteiger partial charge in [0.1, 0.15) is 0 Å². The monoisotopic (exact) mass is 230 g/mol. The van der Waals surface area contributed by atoms with Crippen LogP contribution in [0.3, 0.4) is 0 Å². The van der Waals surface area contributed by atoms with E-state index in [0.717, 1.165) is 30.9 Å². The van der Waals surface area contributed by atoms with Crippen molar-refractivity contribution in [3.05, 3.63) is 16.9 Å². The lowest BCUT2D eigenvalue weighted by Gasteiger charge is -2.27. The van der Waals surface area contributed by atoms with Crippen LogP contribution in [0.15, 0.2) is 16.9 Å². The van der Waals surface area contributed by atoms with Crippen LogP contribution >= 0.6 is 15.9 Å². The van der Waals surface area contributed by atoms with Crippen molar-refractivity contribution in [1.82, 2.24) is 4.98 Å². The summed E-state index contributed by atoms with van der Waals surface area (Å²) >= 11 is 3.39. The third kappa shape index (κ3) is 1.64. The maximum absolute atomic E-state index is 5.26. The van der Waals surface area contributed by atoms with Gasteiger partial charge in [0.05, 0.1) is 23.5 Å². The molecular formula is C8H11BrN2O. The molecule has 0 bridgehead atoms. The molecule has 0 spiro atoms. The van der Waals surface area contributed by atoms with Gasteiger partial charge in [-0.3, -0.25) is 0 Å². The van der Waals surface area contributed by atoms with Gasteiger partial charge in [-0.1, -0.05) is 0 Å². The van der Waals surface area contributed by atoms with Crippen molar-refractivity contribution in [3.63, 3.8) is 0 Å². The highest BCUT2D eigenvalue weighted by Gasteiger charge is 2.11. The van der Waals surface area contributed by atoms with Crippen LogP contribution in [-0.2, 0) is 4.74 Å². The highest BCUT2D eigenvalue weighted by molar-refractivity contribution is 9.10. The second-order valence-corrected chi connectivity index (χ2v) is 3.66. The van der Waals surface area contributed by atoms with Crippen molar-refractivity contribution in [1.29, 1.82) is 0 Å². The average molecular weight is 231 g/mol. The minimum absolute atomic E-state index is 0.836. The van der Waals surface area contributed by atoms with Gasteiger partial charge in [-0.15, -0.1) is 0 Å². The first-order valence-electron chi connectivity index (χ1n) is 4.03. The van der Waals surface area contributed by atoms with Crippen molar-refractivity contribution in [3.8, 4) is 0 Å². The lowest BCUT2D eigenvalue weighted by Crippen LogP contribution is -2.35. The summed E-state index contributed by atoms with van der Waals surface area (Å²) in [6.07, 6.45) is 2.01. The summed E-state index contributed by atoms with van der Waals surface area (Å²) < 4.78 is 6.30. The van der Waals surface area contributed by atoms with E-state index in [0.29, 0.717) is 0 Å². The van der Waals surface area contributed by atoms with Gasteiger partial charge in [-0.2, -0.15) is 0 Å². The average Bonchev–Trinajstić information content (AvgIpc) is 2.54. The molecule has 2 heterocycles. The Labute approximate surface area is 79.8 Å². The van der Waals surface area contributed by atoms with E-state index < -0.39 is 0 Å². The van der Waals surface area contributed by atoms with Crippen molar-refractivity contribution in [2.75, 3.05) is 31.2 Å². The lowest BCUT2D eigenvalue weighted by molar-refractivity contribution is 0.122. The van der Waals surface area contributed by atoms with Crippen molar-refractivity contribution in [2.45, 2.75) is 0 Å². The van der Waals surface area contributed by atoms with E-state index in [9.17, 15) is 0 Å². The molecule has 1 aliphatic heterocycles. The molecule has 1 aliphatic rings. The number of ether oxygens (including phenoxy) is 1. The SMILES string of the molecule is Brc1cc(N2CCOCC2)c[nH]1. The number of nitrogens with one attached hydrogen (secondary N) is 1. The standard InChI is InChI=1S/C8H11BrN2O/c9-8-5-7(6-10-8)11-1-3-12-4-2-11/h5-6,10H,1-4H2. The summed E-state index contributed by atoms with van der Waals surface area (Å²) in [6.45, 7) is 3.65. The van der Waals surface area contributed by atoms with Gasteiger partial charge < -0.3 is 14.6 Å². The fraction of sp³-hybridized carbons (Fsp3) is 0.500. The number of hydrogen-bond donors (Lipinski definition) is 1. The lowest BCUT2D eigenvalue weighted by atomic mass is 10.4. The maximum Gasteiger partial charge on any atom is 0.0841 e. The second kappa shape index (κ2) is 3.49. The van der Waals surface area contributed by atoms with Crippen LogP contribution in [0.25, 0.3) is 0 Å². The third-order valence-electron chi connectivity index (χ3n) is 2.01. The predicted octanol–water partition coefficient (Wildman–Crippen LogP) is 1.61. The van der Waals surface area contributed by atoms with Crippen LogP contribution in [0.1, 0.15) is 0 Å². The first-order chi connectivity index (χ1) is 5.86. The minimum atomic E-state index is 0.836. The normalized spacial score (nSPS) is 18.2. The number of anilines is 1. The number of hydrogen-bond acceptors (Lipinski definition) is 2. The molecule has 0 atom stereocenters. The Bertz CT molecular complexity index is 255. The summed E-state index contributed by atoms with van der Waals surface area (Å²) in [5.74, 6) is 0. The van der Waals surface area contributed by atoms with Crippen molar-refractivity contribution < 1.29 is 4.74 Å². The Kier molecular flexibility index (Phi) is 2.37. The quantitative estimate of drug-likeness (QED) is 0.795. The van der Waals surface area contributed by atoms with Gasteiger partial charge in [-0.05, 0) is 22.0 Å². The molecule has 12 heavy (non-hydrogen) atoms. The van der Waals surface area contributed by atoms with Crippen LogP contribution in [0, 0.1) is 0 Å². The van der Waals surface area contributed by atoms with E-state index in [1.54, 1.807) is 0 Å². The topological polar surface area (TPSA) is 28.3 Å². The molecule has 0 saturated carbocycles. The van der Waals surface area contributed by atoms with E-state index in [1.807, 2.05) is 6.20 Å². The minimum Gasteiger partial charge on any atom is -0.378 e. The van der Waals surface area contributed by atoms with Gasteiger partial charge >= 0.3 is 0 Å². The Morgan fingerprint density at radius 2 is 2.17 bits per heavy atom. The fourth-order valence-electron chi connectivity index (χ4n) is 1.36. The van der Waals surface area contributed by atoms with Crippen LogP contribution in [0.5, 0.6) is 0 Å². The molecule has 1 fully saturated rings. The molecule has 3 nitrogen and oxygen atoms in total. The zero-order valence-electron chi connectivity index (χ0n) is 6.72. The molecule has 0 aliphatic carbocycles. The van der Waals surface area contributed by atoms with Gasteiger partial charge in [0.2, 0.25) is 0 Å². The van der Waals surface area contributed by atoms with Crippen molar-refractivity contribution in [2.24, 2.45) is 0 Å². The smallest absolute Gasteiger partial charge is 0.0841 e. The molecule has 0 amide bonds. The summed E-state index contributed by atoms with van der Waals surface area (Å²) in [6, 6.07) is 2.09. The van der Waals surface area contributed by atoms with Crippen LogP contribution in [0.4, 0.5) is 5.69 Å². The summed E-state index contributed by atoms with van der Waals surface area (Å²) in [5, 5.41) is 0. The van der Waals surface area contributed by atoms with E-state index in [4.69, 9.17) is 4.74 Å². The highest BCUT2D eigenvalue weighted by Crippen LogP contribution is 2.19. The fourth-order valence-corrected chi connectivity index (χ4v) is 1.71. The molecule has 1 saturated heterocycles. The molecule has 0 radical (unpaired) electrons. The van der Waals surface area contributed by atoms with Gasteiger partial charge in [0.15, 0.2) is 0 Å². The predicted molar refractivity (Wildman–Crippen MR) is 51.5 cm³/mol. The summed E-state index contributed by atoms with van der Waals surface area (Å²) in [5.41, 5.74) is 1.24. The first kappa shape index (κ1) is 8.13. The number of H-pyrrole nitrogens is 1. The molecule has 0 unspecified atom stereocenters. The molecule has 1 N–H and O–H groups in total. The Morgan fingerprint density at radius 3 is 2.75 bits per heavy atom. The van der Waals surface area contributed by atoms with Crippen molar-refractivity contribution >= 4 is 21.6 Å². The molecular weight excluding hydrogens is 220 g/mol. The number of aromatic nitrogens is 1. The second-order valence-electron chi connectivity index (χ2n) is 2.81. The van der Waals surface area contributed by atoms with E-state index in [-0.39, 0.29) is 0 Å². The largest absolute Gasteiger partial charge is 0.378 e. The maximum atomic E-state index is 5.26. The summed E-state index contributed by atoms with van der Waals surface area (Å²) in [7, 11) is 0. The van der Waals surface area contributed by atoms with Gasteiger partial charge in [0.25, 0.3) is 0 Å². The molecule has 4 heteroatoms. The van der Waals surface area contributed by atoms with Crippen LogP contribution in [0.2, 0.25) is 0 Å².